The zero-order valence-electron chi connectivity index (χ0n) is 9.62. The Kier molecular flexibility index (Phi) is 4.54. The highest BCUT2D eigenvalue weighted by molar-refractivity contribution is 9.11. The van der Waals surface area contributed by atoms with E-state index in [0.29, 0.717) is 16.1 Å². The lowest BCUT2D eigenvalue weighted by atomic mass is 10.3. The van der Waals surface area contributed by atoms with Gasteiger partial charge in [0.2, 0.25) is 5.88 Å². The maximum Gasteiger partial charge on any atom is 0.573 e. The molecule has 0 saturated carbocycles. The van der Waals surface area contributed by atoms with Crippen molar-refractivity contribution in [1.29, 1.82) is 0 Å². The minimum Gasteiger partial charge on any atom is -0.438 e. The van der Waals surface area contributed by atoms with Crippen molar-refractivity contribution in [3.8, 4) is 17.4 Å². The molecule has 0 aliphatic rings. The molecule has 106 valence electrons. The summed E-state index contributed by atoms with van der Waals surface area (Å²) >= 11 is 6.52. The molecule has 0 N–H and O–H groups in total. The molecule has 3 nitrogen and oxygen atoms in total. The van der Waals surface area contributed by atoms with Gasteiger partial charge in [-0.15, -0.1) is 13.2 Å². The average Bonchev–Trinajstić information content (AvgIpc) is 2.33. The second-order valence-electron chi connectivity index (χ2n) is 3.56. The van der Waals surface area contributed by atoms with E-state index in [9.17, 15) is 13.2 Å². The standard InChI is InChI=1S/C12H6Br2F3NO2/c13-7-5-10(14)11(18-6-7)19-8-1-3-9(4-2-8)20-12(15,16)17/h1-6H. The topological polar surface area (TPSA) is 31.4 Å². The molecule has 8 heteroatoms. The summed E-state index contributed by atoms with van der Waals surface area (Å²) in [5.41, 5.74) is 0. The SMILES string of the molecule is FC(F)(F)Oc1ccc(Oc2ncc(Br)cc2Br)cc1. The largest absolute Gasteiger partial charge is 0.573 e. The van der Waals surface area contributed by atoms with Gasteiger partial charge in [-0.25, -0.2) is 4.98 Å². The minimum absolute atomic E-state index is 0.303. The Labute approximate surface area is 129 Å². The zero-order chi connectivity index (χ0) is 14.8. The first-order chi connectivity index (χ1) is 9.33. The van der Waals surface area contributed by atoms with Crippen LogP contribution in [0.3, 0.4) is 0 Å². The van der Waals surface area contributed by atoms with Gasteiger partial charge in [-0.1, -0.05) is 0 Å². The highest BCUT2D eigenvalue weighted by atomic mass is 79.9. The van der Waals surface area contributed by atoms with Gasteiger partial charge >= 0.3 is 6.36 Å². The fourth-order valence-electron chi connectivity index (χ4n) is 1.30. The lowest BCUT2D eigenvalue weighted by molar-refractivity contribution is -0.274. The van der Waals surface area contributed by atoms with E-state index in [1.165, 1.54) is 12.1 Å². The number of alkyl halides is 3. The van der Waals surface area contributed by atoms with E-state index in [1.54, 1.807) is 12.3 Å². The molecule has 0 saturated heterocycles. The van der Waals surface area contributed by atoms with Crippen LogP contribution in [0.1, 0.15) is 0 Å². The van der Waals surface area contributed by atoms with Gasteiger partial charge in [-0.05, 0) is 62.2 Å². The Hall–Kier alpha value is -1.28. The summed E-state index contributed by atoms with van der Waals surface area (Å²) in [6.07, 6.45) is -3.17. The molecule has 1 aromatic heterocycles. The lowest BCUT2D eigenvalue weighted by Gasteiger charge is -2.10. The van der Waals surface area contributed by atoms with Gasteiger partial charge in [-0.2, -0.15) is 0 Å². The van der Waals surface area contributed by atoms with Crippen LogP contribution >= 0.6 is 31.9 Å². The Morgan fingerprint density at radius 2 is 1.60 bits per heavy atom. The molecule has 0 aliphatic carbocycles. The highest BCUT2D eigenvalue weighted by Crippen LogP contribution is 2.31. The molecule has 0 amide bonds. The molecule has 0 atom stereocenters. The molecule has 0 bridgehead atoms. The Bertz CT molecular complexity index is 603. The van der Waals surface area contributed by atoms with Crippen LogP contribution in [0.25, 0.3) is 0 Å². The van der Waals surface area contributed by atoms with Crippen molar-refractivity contribution in [2.45, 2.75) is 6.36 Å². The van der Waals surface area contributed by atoms with E-state index in [0.717, 1.165) is 16.6 Å². The van der Waals surface area contributed by atoms with Crippen molar-refractivity contribution in [2.75, 3.05) is 0 Å². The van der Waals surface area contributed by atoms with Crippen LogP contribution in [0.4, 0.5) is 13.2 Å². The normalized spacial score (nSPS) is 11.2. The number of ether oxygens (including phenoxy) is 2. The third-order valence-electron chi connectivity index (χ3n) is 2.05. The first kappa shape index (κ1) is 15.1. The molecular weight excluding hydrogens is 407 g/mol. The third-order valence-corrected chi connectivity index (χ3v) is 3.05. The predicted octanol–water partition coefficient (Wildman–Crippen LogP) is 5.30. The zero-order valence-corrected chi connectivity index (χ0v) is 12.8. The molecule has 0 aliphatic heterocycles. The maximum atomic E-state index is 12.0. The van der Waals surface area contributed by atoms with Gasteiger partial charge in [0, 0.05) is 10.7 Å². The van der Waals surface area contributed by atoms with Gasteiger partial charge in [-0.3, -0.25) is 0 Å². The fraction of sp³-hybridized carbons (Fsp3) is 0.0833. The van der Waals surface area contributed by atoms with E-state index in [2.05, 4.69) is 41.6 Å². The first-order valence-corrected chi connectivity index (χ1v) is 6.77. The van der Waals surface area contributed by atoms with Crippen LogP contribution in [0.2, 0.25) is 0 Å². The van der Waals surface area contributed by atoms with E-state index < -0.39 is 6.36 Å². The van der Waals surface area contributed by atoms with Crippen molar-refractivity contribution >= 4 is 31.9 Å². The summed E-state index contributed by atoms with van der Waals surface area (Å²) in [5, 5.41) is 0. The highest BCUT2D eigenvalue weighted by Gasteiger charge is 2.30. The van der Waals surface area contributed by atoms with Gasteiger partial charge < -0.3 is 9.47 Å². The number of nitrogens with zero attached hydrogens (tertiary/aromatic N) is 1. The van der Waals surface area contributed by atoms with Crippen LogP contribution in [0.15, 0.2) is 45.5 Å². The second-order valence-corrected chi connectivity index (χ2v) is 5.33. The summed E-state index contributed by atoms with van der Waals surface area (Å²) in [5.74, 6) is 0.334. The van der Waals surface area contributed by atoms with Crippen LogP contribution in [0.5, 0.6) is 17.4 Å². The van der Waals surface area contributed by atoms with Crippen molar-refractivity contribution in [3.05, 3.63) is 45.5 Å². The smallest absolute Gasteiger partial charge is 0.438 e. The molecular formula is C12H6Br2F3NO2. The third kappa shape index (κ3) is 4.38. The summed E-state index contributed by atoms with van der Waals surface area (Å²) in [6.45, 7) is 0. The van der Waals surface area contributed by atoms with Crippen molar-refractivity contribution < 1.29 is 22.6 Å². The van der Waals surface area contributed by atoms with E-state index in [-0.39, 0.29) is 5.75 Å². The Morgan fingerprint density at radius 3 is 2.15 bits per heavy atom. The van der Waals surface area contributed by atoms with Crippen LogP contribution in [0, 0.1) is 0 Å². The first-order valence-electron chi connectivity index (χ1n) is 5.18. The molecule has 0 unspecified atom stereocenters. The van der Waals surface area contributed by atoms with Crippen molar-refractivity contribution in [1.82, 2.24) is 4.98 Å². The summed E-state index contributed by atoms with van der Waals surface area (Å²) in [4.78, 5) is 4.03. The number of halogens is 5. The summed E-state index contributed by atoms with van der Waals surface area (Å²) in [6, 6.07) is 6.78. The number of hydrogen-bond acceptors (Lipinski definition) is 3. The molecule has 0 spiro atoms. The van der Waals surface area contributed by atoms with E-state index >= 15 is 0 Å². The number of rotatable bonds is 3. The monoisotopic (exact) mass is 411 g/mol. The molecule has 1 heterocycles. The van der Waals surface area contributed by atoms with Crippen LogP contribution in [-0.2, 0) is 0 Å². The van der Waals surface area contributed by atoms with Crippen molar-refractivity contribution in [2.24, 2.45) is 0 Å². The number of hydrogen-bond donors (Lipinski definition) is 0. The molecule has 2 aromatic rings. The quantitative estimate of drug-likeness (QED) is 0.685. The second kappa shape index (κ2) is 6.01. The van der Waals surface area contributed by atoms with Gasteiger partial charge in [0.25, 0.3) is 0 Å². The summed E-state index contributed by atoms with van der Waals surface area (Å²) in [7, 11) is 0. The maximum absolute atomic E-state index is 12.0. The van der Waals surface area contributed by atoms with E-state index in [4.69, 9.17) is 4.74 Å². The molecule has 0 radical (unpaired) electrons. The van der Waals surface area contributed by atoms with Gasteiger partial charge in [0.05, 0.1) is 4.47 Å². The Balaban J connectivity index is 2.11. The summed E-state index contributed by atoms with van der Waals surface area (Å²) < 4.78 is 46.6. The molecule has 0 fully saturated rings. The average molecular weight is 413 g/mol. The number of benzene rings is 1. The predicted molar refractivity (Wildman–Crippen MR) is 72.8 cm³/mol. The molecule has 1 aromatic carbocycles. The van der Waals surface area contributed by atoms with E-state index in [1.807, 2.05) is 0 Å². The van der Waals surface area contributed by atoms with Gasteiger partial charge in [0.15, 0.2) is 0 Å². The lowest BCUT2D eigenvalue weighted by Crippen LogP contribution is -2.16. The fourth-order valence-corrected chi connectivity index (χ4v) is 2.37. The van der Waals surface area contributed by atoms with Crippen LogP contribution in [-0.4, -0.2) is 11.3 Å². The number of aromatic nitrogens is 1. The van der Waals surface area contributed by atoms with Gasteiger partial charge in [0.1, 0.15) is 11.5 Å². The Morgan fingerprint density at radius 1 is 1.00 bits per heavy atom. The minimum atomic E-state index is -4.71. The van der Waals surface area contributed by atoms with Crippen molar-refractivity contribution in [3.63, 3.8) is 0 Å². The molecule has 2 rings (SSSR count). The molecule has 20 heavy (non-hydrogen) atoms. The number of pyridine rings is 1. The van der Waals surface area contributed by atoms with Crippen LogP contribution < -0.4 is 9.47 Å².